The Hall–Kier alpha value is -2.29. The first kappa shape index (κ1) is 32.2. The van der Waals surface area contributed by atoms with Gasteiger partial charge in [0, 0.05) is 22.4 Å². The summed E-state index contributed by atoms with van der Waals surface area (Å²) < 4.78 is 35.6. The summed E-state index contributed by atoms with van der Waals surface area (Å²) in [5, 5.41) is 3.09. The zero-order valence-electron chi connectivity index (χ0n) is 23.5. The number of nitrogens with one attached hydrogen (secondary N) is 1. The Balaban J connectivity index is 0.00000441. The molecule has 6 nitrogen and oxygen atoms in total. The molecule has 0 unspecified atom stereocenters. The summed E-state index contributed by atoms with van der Waals surface area (Å²) in [6.07, 6.45) is 13.9. The predicted molar refractivity (Wildman–Crippen MR) is 153 cm³/mol. The van der Waals surface area contributed by atoms with E-state index in [2.05, 4.69) is 12.2 Å². The number of carbonyl (C=O) groups is 2. The minimum Gasteiger partial charge on any atom is -0.744 e. The summed E-state index contributed by atoms with van der Waals surface area (Å²) in [6, 6.07) is 16.3. The Kier molecular flexibility index (Phi) is 12.2. The third-order valence-corrected chi connectivity index (χ3v) is 8.15. The van der Waals surface area contributed by atoms with Gasteiger partial charge in [-0.1, -0.05) is 101 Å². The summed E-state index contributed by atoms with van der Waals surface area (Å²) in [5.41, 5.74) is 2.37. The van der Waals surface area contributed by atoms with Crippen LogP contribution in [0.2, 0.25) is 0 Å². The van der Waals surface area contributed by atoms with Crippen molar-refractivity contribution in [2.75, 3.05) is 5.32 Å². The van der Waals surface area contributed by atoms with Gasteiger partial charge in [0.05, 0.1) is 16.1 Å². The minimum atomic E-state index is -4.85. The SMILES string of the molecule is CCCCCCCCCCCCc1ccc(Nc2cc(S(=O)(=O)[O-])cc3c2C(=O)c2ccccc2C3=O)cc1.[Na+]. The molecule has 206 valence electrons. The van der Waals surface area contributed by atoms with Crippen LogP contribution in [0, 0.1) is 0 Å². The van der Waals surface area contributed by atoms with Gasteiger partial charge in [0.25, 0.3) is 0 Å². The number of carbonyl (C=O) groups excluding carboxylic acids is 2. The summed E-state index contributed by atoms with van der Waals surface area (Å²) in [7, 11) is -4.85. The molecule has 0 aliphatic heterocycles. The van der Waals surface area contributed by atoms with E-state index in [9.17, 15) is 22.6 Å². The van der Waals surface area contributed by atoms with Crippen molar-refractivity contribution < 1.29 is 52.1 Å². The van der Waals surface area contributed by atoms with Crippen LogP contribution in [0.5, 0.6) is 0 Å². The second kappa shape index (κ2) is 15.1. The van der Waals surface area contributed by atoms with Gasteiger partial charge in [0.15, 0.2) is 11.6 Å². The summed E-state index contributed by atoms with van der Waals surface area (Å²) >= 11 is 0. The molecule has 3 aromatic carbocycles. The molecule has 0 saturated carbocycles. The number of benzene rings is 3. The van der Waals surface area contributed by atoms with Crippen molar-refractivity contribution in [3.8, 4) is 0 Å². The Morgan fingerprint density at radius 2 is 1.25 bits per heavy atom. The molecule has 1 N–H and O–H groups in total. The number of hydrogen-bond donors (Lipinski definition) is 1. The van der Waals surface area contributed by atoms with Crippen LogP contribution in [-0.4, -0.2) is 24.5 Å². The smallest absolute Gasteiger partial charge is 0.744 e. The molecule has 0 bridgehead atoms. The van der Waals surface area contributed by atoms with Crippen LogP contribution in [-0.2, 0) is 16.5 Å². The molecule has 4 rings (SSSR count). The normalized spacial score (nSPS) is 12.4. The molecule has 3 aromatic rings. The van der Waals surface area contributed by atoms with E-state index >= 15 is 0 Å². The van der Waals surface area contributed by atoms with E-state index < -0.39 is 26.6 Å². The van der Waals surface area contributed by atoms with Crippen molar-refractivity contribution in [2.24, 2.45) is 0 Å². The first-order valence-corrected chi connectivity index (χ1v) is 15.4. The van der Waals surface area contributed by atoms with E-state index in [4.69, 9.17) is 0 Å². The number of fused-ring (bicyclic) bond motifs is 2. The molecular weight excluding hydrogens is 533 g/mol. The van der Waals surface area contributed by atoms with Crippen molar-refractivity contribution in [3.63, 3.8) is 0 Å². The van der Waals surface area contributed by atoms with Gasteiger partial charge in [-0.05, 0) is 42.7 Å². The third kappa shape index (κ3) is 8.14. The topological polar surface area (TPSA) is 103 Å². The van der Waals surface area contributed by atoms with Gasteiger partial charge in [0.1, 0.15) is 10.1 Å². The van der Waals surface area contributed by atoms with E-state index in [0.29, 0.717) is 5.69 Å². The van der Waals surface area contributed by atoms with Gasteiger partial charge in [-0.3, -0.25) is 9.59 Å². The molecule has 0 radical (unpaired) electrons. The zero-order chi connectivity index (χ0) is 27.8. The fourth-order valence-electron chi connectivity index (χ4n) is 5.17. The van der Waals surface area contributed by atoms with E-state index in [1.165, 1.54) is 69.4 Å². The largest absolute Gasteiger partial charge is 1.00 e. The Morgan fingerprint density at radius 1 is 0.700 bits per heavy atom. The van der Waals surface area contributed by atoms with E-state index in [1.807, 2.05) is 24.3 Å². The average molecular weight is 570 g/mol. The van der Waals surface area contributed by atoms with Crippen molar-refractivity contribution in [1.82, 2.24) is 0 Å². The van der Waals surface area contributed by atoms with E-state index in [-0.39, 0.29) is 57.5 Å². The maximum atomic E-state index is 13.3. The van der Waals surface area contributed by atoms with Crippen LogP contribution < -0.4 is 34.9 Å². The standard InChI is InChI=1S/C32H37NO5S.Na/c1-2-3-4-5-6-7-8-9-10-11-14-23-17-19-24(20-18-23)33-29-22-25(39(36,37)38)21-28-30(29)32(35)27-16-13-12-15-26(27)31(28)34;/h12-13,15-22,33H,2-11,14H2,1H3,(H,36,37,38);/q;+1/p-1. The van der Waals surface area contributed by atoms with Crippen LogP contribution in [0.25, 0.3) is 0 Å². The monoisotopic (exact) mass is 569 g/mol. The molecular formula is C32H36NNaO5S. The second-order valence-electron chi connectivity index (χ2n) is 10.3. The number of rotatable bonds is 14. The third-order valence-electron chi connectivity index (χ3n) is 7.34. The van der Waals surface area contributed by atoms with E-state index in [1.54, 1.807) is 18.2 Å². The van der Waals surface area contributed by atoms with Crippen molar-refractivity contribution >= 4 is 33.1 Å². The Bertz CT molecular complexity index is 1430. The van der Waals surface area contributed by atoms with Crippen LogP contribution in [0.15, 0.2) is 65.6 Å². The van der Waals surface area contributed by atoms with E-state index in [0.717, 1.165) is 25.0 Å². The van der Waals surface area contributed by atoms with Gasteiger partial charge in [-0.15, -0.1) is 0 Å². The molecule has 0 heterocycles. The van der Waals surface area contributed by atoms with Gasteiger partial charge in [0.2, 0.25) is 0 Å². The minimum absolute atomic E-state index is 0. The molecule has 8 heteroatoms. The molecule has 40 heavy (non-hydrogen) atoms. The molecule has 1 aliphatic carbocycles. The van der Waals surface area contributed by atoms with Gasteiger partial charge < -0.3 is 9.87 Å². The predicted octanol–water partition coefficient (Wildman–Crippen LogP) is 4.58. The quantitative estimate of drug-likeness (QED) is 0.136. The molecule has 0 saturated heterocycles. The second-order valence-corrected chi connectivity index (χ2v) is 11.7. The first-order chi connectivity index (χ1) is 18.8. The van der Waals surface area contributed by atoms with Gasteiger partial charge >= 0.3 is 29.6 Å². The number of anilines is 2. The van der Waals surface area contributed by atoms with Crippen LogP contribution in [0.4, 0.5) is 11.4 Å². The Labute approximate surface area is 260 Å². The fourth-order valence-corrected chi connectivity index (χ4v) is 5.69. The number of ketones is 2. The molecule has 0 amide bonds. The summed E-state index contributed by atoms with van der Waals surface area (Å²) in [4.78, 5) is 25.9. The molecule has 0 spiro atoms. The van der Waals surface area contributed by atoms with Crippen LogP contribution >= 0.6 is 0 Å². The Morgan fingerprint density at radius 3 is 1.82 bits per heavy atom. The van der Waals surface area contributed by atoms with Crippen molar-refractivity contribution in [2.45, 2.75) is 82.4 Å². The fraction of sp³-hybridized carbons (Fsp3) is 0.375. The van der Waals surface area contributed by atoms with Crippen LogP contribution in [0.3, 0.4) is 0 Å². The summed E-state index contributed by atoms with van der Waals surface area (Å²) in [6.45, 7) is 2.24. The number of unbranched alkanes of at least 4 members (excludes halogenated alkanes) is 9. The molecule has 1 aliphatic rings. The van der Waals surface area contributed by atoms with Gasteiger partial charge in [-0.2, -0.15) is 0 Å². The zero-order valence-corrected chi connectivity index (χ0v) is 26.3. The average Bonchev–Trinajstić information content (AvgIpc) is 2.93. The van der Waals surface area contributed by atoms with Crippen molar-refractivity contribution in [3.05, 3.63) is 88.5 Å². The summed E-state index contributed by atoms with van der Waals surface area (Å²) in [5.74, 6) is -0.879. The van der Waals surface area contributed by atoms with Crippen molar-refractivity contribution in [1.29, 1.82) is 0 Å². The molecule has 0 fully saturated rings. The maximum absolute atomic E-state index is 13.3. The first-order valence-electron chi connectivity index (χ1n) is 14.0. The number of hydrogen-bond acceptors (Lipinski definition) is 6. The molecule has 0 atom stereocenters. The van der Waals surface area contributed by atoms with Crippen LogP contribution in [0.1, 0.15) is 109 Å². The van der Waals surface area contributed by atoms with Gasteiger partial charge in [-0.25, -0.2) is 8.42 Å². The number of aryl methyl sites for hydroxylation is 1. The maximum Gasteiger partial charge on any atom is 1.00 e. The molecule has 0 aromatic heterocycles.